The molecule has 1 aromatic heterocycles. The Bertz CT molecular complexity index is 515. The van der Waals surface area contributed by atoms with Crippen LogP contribution < -0.4 is 0 Å². The third-order valence-electron chi connectivity index (χ3n) is 6.18. The summed E-state index contributed by atoms with van der Waals surface area (Å²) in [5.41, 5.74) is 0. The molecule has 2 bridgehead atoms. The maximum atomic E-state index is 12.5. The Morgan fingerprint density at radius 2 is 2.18 bits per heavy atom. The van der Waals surface area contributed by atoms with E-state index in [1.807, 2.05) is 0 Å². The number of carbonyl (C=O) groups is 1. The Morgan fingerprint density at radius 1 is 1.23 bits per heavy atom. The number of aryl methyl sites for hydroxylation is 1. The van der Waals surface area contributed by atoms with Crippen molar-refractivity contribution in [1.82, 2.24) is 19.7 Å². The van der Waals surface area contributed by atoms with Crippen molar-refractivity contribution in [3.8, 4) is 0 Å². The minimum atomic E-state index is 0.307. The van der Waals surface area contributed by atoms with Gasteiger partial charge in [0.1, 0.15) is 12.7 Å². The molecular weight excluding hydrogens is 276 g/mol. The first kappa shape index (κ1) is 14.2. The molecule has 2 aliphatic carbocycles. The second kappa shape index (κ2) is 6.01. The number of fused-ring (bicyclic) bond motifs is 2. The molecule has 5 nitrogen and oxygen atoms in total. The van der Waals surface area contributed by atoms with E-state index in [4.69, 9.17) is 0 Å². The average Bonchev–Trinajstić information content (AvgIpc) is 3.29. The highest BCUT2D eigenvalue weighted by atomic mass is 16.2. The lowest BCUT2D eigenvalue weighted by molar-refractivity contribution is -0.132. The van der Waals surface area contributed by atoms with Crippen molar-refractivity contribution in [2.75, 3.05) is 6.54 Å². The SMILES string of the molecule is O=C(CCn1cncn1)N1CCC[C@H]1C[C@H]1C[C@H]2CC[C@H]1C2. The first-order valence-corrected chi connectivity index (χ1v) is 8.91. The zero-order valence-electron chi connectivity index (χ0n) is 13.2. The van der Waals surface area contributed by atoms with Crippen LogP contribution in [-0.4, -0.2) is 38.2 Å². The molecule has 2 heterocycles. The summed E-state index contributed by atoms with van der Waals surface area (Å²) in [5, 5.41) is 4.08. The van der Waals surface area contributed by atoms with Crippen LogP contribution in [0.3, 0.4) is 0 Å². The van der Waals surface area contributed by atoms with Crippen LogP contribution in [-0.2, 0) is 11.3 Å². The highest BCUT2D eigenvalue weighted by molar-refractivity contribution is 5.76. The molecule has 120 valence electrons. The van der Waals surface area contributed by atoms with Crippen LogP contribution >= 0.6 is 0 Å². The number of hydrogen-bond donors (Lipinski definition) is 0. The molecule has 0 spiro atoms. The van der Waals surface area contributed by atoms with Crippen molar-refractivity contribution in [1.29, 1.82) is 0 Å². The molecule has 22 heavy (non-hydrogen) atoms. The highest BCUT2D eigenvalue weighted by Crippen LogP contribution is 2.50. The molecule has 4 rings (SSSR count). The van der Waals surface area contributed by atoms with Crippen molar-refractivity contribution in [2.45, 2.75) is 64.0 Å². The van der Waals surface area contributed by atoms with E-state index >= 15 is 0 Å². The maximum Gasteiger partial charge on any atom is 0.224 e. The summed E-state index contributed by atoms with van der Waals surface area (Å²) in [6.07, 6.45) is 13.2. The summed E-state index contributed by atoms with van der Waals surface area (Å²) >= 11 is 0. The zero-order valence-corrected chi connectivity index (χ0v) is 13.2. The summed E-state index contributed by atoms with van der Waals surface area (Å²) in [5.74, 6) is 3.18. The monoisotopic (exact) mass is 302 g/mol. The molecule has 5 heteroatoms. The first-order chi connectivity index (χ1) is 10.8. The van der Waals surface area contributed by atoms with Gasteiger partial charge < -0.3 is 4.90 Å². The molecule has 0 radical (unpaired) electrons. The van der Waals surface area contributed by atoms with E-state index in [1.54, 1.807) is 11.0 Å². The highest BCUT2D eigenvalue weighted by Gasteiger charge is 2.41. The molecule has 0 unspecified atom stereocenters. The predicted octanol–water partition coefficient (Wildman–Crippen LogP) is 2.49. The summed E-state index contributed by atoms with van der Waals surface area (Å²) in [4.78, 5) is 18.6. The molecule has 3 fully saturated rings. The van der Waals surface area contributed by atoms with Crippen LogP contribution in [0.5, 0.6) is 0 Å². The maximum absolute atomic E-state index is 12.5. The fraction of sp³-hybridized carbons (Fsp3) is 0.824. The summed E-state index contributed by atoms with van der Waals surface area (Å²) < 4.78 is 1.75. The summed E-state index contributed by atoms with van der Waals surface area (Å²) in [6, 6.07) is 0.507. The standard InChI is InChI=1S/C17H26N4O/c22-17(5-7-20-12-18-11-19-20)21-6-1-2-16(21)10-15-9-13-3-4-14(15)8-13/h11-16H,1-10H2/t13-,14-,15+,16-/m0/s1. The fourth-order valence-electron chi connectivity index (χ4n) is 5.13. The van der Waals surface area contributed by atoms with Crippen molar-refractivity contribution < 1.29 is 4.79 Å². The van der Waals surface area contributed by atoms with Gasteiger partial charge in [-0.25, -0.2) is 4.98 Å². The molecule has 0 aromatic carbocycles. The van der Waals surface area contributed by atoms with Gasteiger partial charge in [0.25, 0.3) is 0 Å². The van der Waals surface area contributed by atoms with Gasteiger partial charge in [0.05, 0.1) is 6.54 Å². The van der Waals surface area contributed by atoms with Gasteiger partial charge in [-0.15, -0.1) is 0 Å². The molecule has 0 N–H and O–H groups in total. The number of likely N-dealkylation sites (tertiary alicyclic amines) is 1. The van der Waals surface area contributed by atoms with Crippen LogP contribution in [0.25, 0.3) is 0 Å². The number of carbonyl (C=O) groups excluding carboxylic acids is 1. The van der Waals surface area contributed by atoms with Crippen LogP contribution in [0.15, 0.2) is 12.7 Å². The number of nitrogens with zero attached hydrogens (tertiary/aromatic N) is 4. The minimum Gasteiger partial charge on any atom is -0.340 e. The van der Waals surface area contributed by atoms with Crippen molar-refractivity contribution in [3.05, 3.63) is 12.7 Å². The lowest BCUT2D eigenvalue weighted by atomic mass is 9.83. The van der Waals surface area contributed by atoms with E-state index in [-0.39, 0.29) is 0 Å². The second-order valence-electron chi connectivity index (χ2n) is 7.46. The van der Waals surface area contributed by atoms with Gasteiger partial charge >= 0.3 is 0 Å². The Kier molecular flexibility index (Phi) is 3.89. The van der Waals surface area contributed by atoms with Crippen LogP contribution in [0, 0.1) is 17.8 Å². The molecule has 1 aromatic rings. The molecule has 1 aliphatic heterocycles. The zero-order chi connectivity index (χ0) is 14.9. The molecule has 4 atom stereocenters. The Labute approximate surface area is 132 Å². The molecule has 3 aliphatic rings. The van der Waals surface area contributed by atoms with Crippen LogP contribution in [0.2, 0.25) is 0 Å². The van der Waals surface area contributed by atoms with Crippen molar-refractivity contribution >= 4 is 5.91 Å². The van der Waals surface area contributed by atoms with Gasteiger partial charge in [-0.2, -0.15) is 5.10 Å². The predicted molar refractivity (Wildman–Crippen MR) is 82.9 cm³/mol. The number of rotatable bonds is 5. The van der Waals surface area contributed by atoms with Crippen molar-refractivity contribution in [3.63, 3.8) is 0 Å². The van der Waals surface area contributed by atoms with E-state index in [9.17, 15) is 4.79 Å². The van der Waals surface area contributed by atoms with E-state index in [2.05, 4.69) is 15.0 Å². The van der Waals surface area contributed by atoms with E-state index in [1.165, 1.54) is 51.3 Å². The minimum absolute atomic E-state index is 0.307. The molecule has 1 saturated heterocycles. The number of amides is 1. The fourth-order valence-corrected chi connectivity index (χ4v) is 5.13. The van der Waals surface area contributed by atoms with E-state index in [0.717, 1.165) is 24.3 Å². The van der Waals surface area contributed by atoms with Crippen LogP contribution in [0.4, 0.5) is 0 Å². The topological polar surface area (TPSA) is 51.0 Å². The number of hydrogen-bond acceptors (Lipinski definition) is 3. The van der Waals surface area contributed by atoms with E-state index < -0.39 is 0 Å². The van der Waals surface area contributed by atoms with Gasteiger partial charge in [0.15, 0.2) is 0 Å². The summed E-state index contributed by atoms with van der Waals surface area (Å²) in [6.45, 7) is 1.61. The van der Waals surface area contributed by atoms with Gasteiger partial charge in [-0.3, -0.25) is 9.48 Å². The Hall–Kier alpha value is -1.39. The van der Waals surface area contributed by atoms with Gasteiger partial charge in [-0.1, -0.05) is 6.42 Å². The first-order valence-electron chi connectivity index (χ1n) is 8.91. The molecule has 2 saturated carbocycles. The quantitative estimate of drug-likeness (QED) is 0.839. The van der Waals surface area contributed by atoms with Crippen LogP contribution in [0.1, 0.15) is 51.4 Å². The average molecular weight is 302 g/mol. The Balaban J connectivity index is 1.31. The second-order valence-corrected chi connectivity index (χ2v) is 7.46. The lowest BCUT2D eigenvalue weighted by Crippen LogP contribution is -2.37. The number of aromatic nitrogens is 3. The van der Waals surface area contributed by atoms with Crippen molar-refractivity contribution in [2.24, 2.45) is 17.8 Å². The lowest BCUT2D eigenvalue weighted by Gasteiger charge is -2.30. The smallest absolute Gasteiger partial charge is 0.224 e. The molecular formula is C17H26N4O. The largest absolute Gasteiger partial charge is 0.340 e. The van der Waals surface area contributed by atoms with Gasteiger partial charge in [0.2, 0.25) is 5.91 Å². The molecule has 1 amide bonds. The van der Waals surface area contributed by atoms with Gasteiger partial charge in [0, 0.05) is 19.0 Å². The summed E-state index contributed by atoms with van der Waals surface area (Å²) in [7, 11) is 0. The van der Waals surface area contributed by atoms with E-state index in [0.29, 0.717) is 24.9 Å². The third kappa shape index (κ3) is 2.77. The normalized spacial score (nSPS) is 33.7. The van der Waals surface area contributed by atoms with Gasteiger partial charge in [-0.05, 0) is 56.3 Å². The Morgan fingerprint density at radius 3 is 2.91 bits per heavy atom. The third-order valence-corrected chi connectivity index (χ3v) is 6.18.